The van der Waals surface area contributed by atoms with Crippen LogP contribution in [0.25, 0.3) is 0 Å². The summed E-state index contributed by atoms with van der Waals surface area (Å²) in [6.45, 7) is 0.480. The summed E-state index contributed by atoms with van der Waals surface area (Å²) in [5.74, 6) is -0.812. The van der Waals surface area contributed by atoms with Crippen molar-refractivity contribution in [2.24, 2.45) is 0 Å². The van der Waals surface area contributed by atoms with Crippen LogP contribution < -0.4 is 5.32 Å². The maximum Gasteiger partial charge on any atom is 0.243 e. The number of piperidine rings is 1. The van der Waals surface area contributed by atoms with Gasteiger partial charge in [0.1, 0.15) is 5.82 Å². The van der Waals surface area contributed by atoms with Crippen molar-refractivity contribution in [3.8, 4) is 0 Å². The van der Waals surface area contributed by atoms with Crippen LogP contribution in [0.4, 0.5) is 4.39 Å². The number of imide groups is 1. The molecule has 19 heavy (non-hydrogen) atoms. The van der Waals surface area contributed by atoms with E-state index in [1.54, 1.807) is 6.07 Å². The minimum atomic E-state index is -0.379. The Kier molecular flexibility index (Phi) is 3.06. The van der Waals surface area contributed by atoms with Gasteiger partial charge in [0, 0.05) is 13.0 Å². The molecular formula is C13H13FN2O2S. The number of rotatable bonds is 1. The van der Waals surface area contributed by atoms with E-state index in [4.69, 9.17) is 0 Å². The van der Waals surface area contributed by atoms with Crippen LogP contribution in [-0.2, 0) is 16.1 Å². The molecule has 100 valence electrons. The highest BCUT2D eigenvalue weighted by Crippen LogP contribution is 2.39. The summed E-state index contributed by atoms with van der Waals surface area (Å²) in [4.78, 5) is 24.9. The van der Waals surface area contributed by atoms with Crippen molar-refractivity contribution in [3.05, 3.63) is 35.1 Å². The van der Waals surface area contributed by atoms with Gasteiger partial charge in [-0.2, -0.15) is 12.6 Å². The molecule has 0 spiro atoms. The second kappa shape index (κ2) is 4.61. The van der Waals surface area contributed by atoms with Gasteiger partial charge in [0.05, 0.1) is 11.4 Å². The minimum Gasteiger partial charge on any atom is -0.295 e. The normalized spacial score (nSPS) is 27.3. The Bertz CT molecular complexity index is 564. The fourth-order valence-electron chi connectivity index (χ4n) is 2.70. The topological polar surface area (TPSA) is 49.4 Å². The largest absolute Gasteiger partial charge is 0.295 e. The first-order chi connectivity index (χ1) is 9.06. The Balaban J connectivity index is 1.85. The fourth-order valence-corrected chi connectivity index (χ4v) is 3.20. The second-order valence-corrected chi connectivity index (χ2v) is 5.35. The highest BCUT2D eigenvalue weighted by Gasteiger charge is 2.38. The van der Waals surface area contributed by atoms with E-state index in [1.807, 2.05) is 4.90 Å². The van der Waals surface area contributed by atoms with Gasteiger partial charge in [-0.05, 0) is 29.7 Å². The first-order valence-electron chi connectivity index (χ1n) is 6.12. The lowest BCUT2D eigenvalue weighted by molar-refractivity contribution is -0.137. The molecular weight excluding hydrogens is 267 g/mol. The van der Waals surface area contributed by atoms with Crippen LogP contribution >= 0.6 is 12.6 Å². The van der Waals surface area contributed by atoms with Gasteiger partial charge < -0.3 is 0 Å². The Labute approximate surface area is 115 Å². The minimum absolute atomic E-state index is 0.236. The lowest BCUT2D eigenvalue weighted by Gasteiger charge is -2.32. The SMILES string of the molecule is O=C1CCC(N2Cc3cc(F)ccc3C2S)C(=O)N1. The number of carbonyl (C=O) groups is 2. The Morgan fingerprint density at radius 1 is 1.37 bits per heavy atom. The predicted octanol–water partition coefficient (Wildman–Crippen LogP) is 1.37. The van der Waals surface area contributed by atoms with Gasteiger partial charge in [-0.15, -0.1) is 0 Å². The van der Waals surface area contributed by atoms with Crippen molar-refractivity contribution in [2.75, 3.05) is 0 Å². The van der Waals surface area contributed by atoms with Crippen LogP contribution in [0.1, 0.15) is 29.3 Å². The zero-order valence-electron chi connectivity index (χ0n) is 10.1. The van der Waals surface area contributed by atoms with E-state index >= 15 is 0 Å². The molecule has 2 aliphatic rings. The number of nitrogens with one attached hydrogen (secondary N) is 1. The third-order valence-corrected chi connectivity index (χ3v) is 4.24. The number of hydrogen-bond acceptors (Lipinski definition) is 4. The van der Waals surface area contributed by atoms with Gasteiger partial charge >= 0.3 is 0 Å². The monoisotopic (exact) mass is 280 g/mol. The quantitative estimate of drug-likeness (QED) is 0.603. The number of halogens is 1. The van der Waals surface area contributed by atoms with Gasteiger partial charge in [0.2, 0.25) is 11.8 Å². The molecule has 2 unspecified atom stereocenters. The molecule has 3 rings (SSSR count). The molecule has 4 nitrogen and oxygen atoms in total. The molecule has 1 aromatic rings. The highest BCUT2D eigenvalue weighted by molar-refractivity contribution is 7.80. The fraction of sp³-hybridized carbons (Fsp3) is 0.385. The number of amides is 2. The second-order valence-electron chi connectivity index (χ2n) is 4.86. The van der Waals surface area contributed by atoms with Gasteiger partial charge in [0.25, 0.3) is 0 Å². The molecule has 1 saturated heterocycles. The number of benzene rings is 1. The zero-order valence-corrected chi connectivity index (χ0v) is 11.0. The molecule has 0 aliphatic carbocycles. The highest BCUT2D eigenvalue weighted by atomic mass is 32.1. The van der Waals surface area contributed by atoms with E-state index in [2.05, 4.69) is 17.9 Å². The van der Waals surface area contributed by atoms with Crippen molar-refractivity contribution < 1.29 is 14.0 Å². The summed E-state index contributed by atoms with van der Waals surface area (Å²) in [5.41, 5.74) is 1.78. The number of fused-ring (bicyclic) bond motifs is 1. The molecule has 2 heterocycles. The average Bonchev–Trinajstić information content (AvgIpc) is 2.66. The van der Waals surface area contributed by atoms with E-state index in [9.17, 15) is 14.0 Å². The molecule has 1 N–H and O–H groups in total. The lowest BCUT2D eigenvalue weighted by Crippen LogP contribution is -2.51. The number of thiol groups is 1. The van der Waals surface area contributed by atoms with Crippen LogP contribution in [0.3, 0.4) is 0 Å². The molecule has 0 saturated carbocycles. The van der Waals surface area contributed by atoms with E-state index < -0.39 is 0 Å². The van der Waals surface area contributed by atoms with E-state index in [0.29, 0.717) is 19.4 Å². The van der Waals surface area contributed by atoms with E-state index in [1.165, 1.54) is 12.1 Å². The van der Waals surface area contributed by atoms with Gasteiger partial charge in [0.15, 0.2) is 0 Å². The Morgan fingerprint density at radius 3 is 2.89 bits per heavy atom. The van der Waals surface area contributed by atoms with Crippen LogP contribution in [-0.4, -0.2) is 22.8 Å². The maximum absolute atomic E-state index is 13.2. The third-order valence-electron chi connectivity index (χ3n) is 3.66. The van der Waals surface area contributed by atoms with Gasteiger partial charge in [-0.3, -0.25) is 19.8 Å². The smallest absolute Gasteiger partial charge is 0.243 e. The van der Waals surface area contributed by atoms with Crippen molar-refractivity contribution in [3.63, 3.8) is 0 Å². The predicted molar refractivity (Wildman–Crippen MR) is 69.8 cm³/mol. The molecule has 0 radical (unpaired) electrons. The van der Waals surface area contributed by atoms with Crippen molar-refractivity contribution in [1.82, 2.24) is 10.2 Å². The van der Waals surface area contributed by atoms with E-state index in [-0.39, 0.29) is 29.0 Å². The standard InChI is InChI=1S/C13H13FN2O2S/c14-8-1-2-9-7(5-8)6-16(13(9)19)10-3-4-11(17)15-12(10)18/h1-2,5,10,13,19H,3-4,6H2,(H,15,17,18). The third kappa shape index (κ3) is 2.15. The number of nitrogens with zero attached hydrogens (tertiary/aromatic N) is 1. The van der Waals surface area contributed by atoms with Crippen molar-refractivity contribution >= 4 is 24.4 Å². The Morgan fingerprint density at radius 2 is 2.16 bits per heavy atom. The van der Waals surface area contributed by atoms with Crippen LogP contribution in [0.15, 0.2) is 18.2 Å². The molecule has 6 heteroatoms. The van der Waals surface area contributed by atoms with E-state index in [0.717, 1.165) is 11.1 Å². The molecule has 1 aromatic carbocycles. The average molecular weight is 280 g/mol. The van der Waals surface area contributed by atoms with Crippen LogP contribution in [0.5, 0.6) is 0 Å². The Hall–Kier alpha value is -1.40. The van der Waals surface area contributed by atoms with Crippen LogP contribution in [0.2, 0.25) is 0 Å². The van der Waals surface area contributed by atoms with Crippen LogP contribution in [0, 0.1) is 5.82 Å². The molecule has 2 aliphatic heterocycles. The molecule has 0 aromatic heterocycles. The summed E-state index contributed by atoms with van der Waals surface area (Å²) in [6, 6.07) is 4.20. The maximum atomic E-state index is 13.2. The summed E-state index contributed by atoms with van der Waals surface area (Å²) in [7, 11) is 0. The number of carbonyl (C=O) groups excluding carboxylic acids is 2. The lowest BCUT2D eigenvalue weighted by atomic mass is 10.0. The zero-order chi connectivity index (χ0) is 13.6. The molecule has 1 fully saturated rings. The van der Waals surface area contributed by atoms with Gasteiger partial charge in [-0.25, -0.2) is 4.39 Å². The molecule has 2 atom stereocenters. The first-order valence-corrected chi connectivity index (χ1v) is 6.64. The molecule has 0 bridgehead atoms. The number of hydrogen-bond donors (Lipinski definition) is 2. The summed E-state index contributed by atoms with van der Waals surface area (Å²) in [6.07, 6.45) is 0.816. The van der Waals surface area contributed by atoms with Crippen molar-refractivity contribution in [1.29, 1.82) is 0 Å². The summed E-state index contributed by atoms with van der Waals surface area (Å²) < 4.78 is 13.2. The first kappa shape index (κ1) is 12.6. The summed E-state index contributed by atoms with van der Waals surface area (Å²) >= 11 is 4.51. The van der Waals surface area contributed by atoms with Gasteiger partial charge in [-0.1, -0.05) is 6.07 Å². The summed E-state index contributed by atoms with van der Waals surface area (Å²) in [5, 5.41) is 2.10. The van der Waals surface area contributed by atoms with Crippen molar-refractivity contribution in [2.45, 2.75) is 30.8 Å². The molecule has 2 amide bonds.